The molecule has 1 amide bonds. The standard InChI is InChI=1S/C18H23FN4O/c1-12-9-14(5-6-15(12)19)16-10-17(22-21-16)18(24)20-11-13(2)23-7-3-4-8-23/h5-6,9-10,13H,3-4,7-8,11H2,1-2H3,(H,20,24)(H,21,22). The number of carbonyl (C=O) groups excluding carboxylic acids is 1. The van der Waals surface area contributed by atoms with E-state index in [-0.39, 0.29) is 11.7 Å². The molecule has 0 aliphatic carbocycles. The third kappa shape index (κ3) is 3.64. The highest BCUT2D eigenvalue weighted by Crippen LogP contribution is 2.20. The van der Waals surface area contributed by atoms with Crippen LogP contribution in [0.4, 0.5) is 4.39 Å². The first kappa shape index (κ1) is 16.6. The molecule has 24 heavy (non-hydrogen) atoms. The molecule has 128 valence electrons. The molecule has 1 aliphatic heterocycles. The molecule has 1 aromatic carbocycles. The first-order valence-corrected chi connectivity index (χ1v) is 8.39. The van der Waals surface area contributed by atoms with Gasteiger partial charge in [0, 0.05) is 18.2 Å². The summed E-state index contributed by atoms with van der Waals surface area (Å²) in [7, 11) is 0. The Kier molecular flexibility index (Phi) is 4.94. The van der Waals surface area contributed by atoms with Crippen LogP contribution in [0.2, 0.25) is 0 Å². The van der Waals surface area contributed by atoms with Crippen LogP contribution in [-0.4, -0.2) is 46.7 Å². The van der Waals surface area contributed by atoms with Gasteiger partial charge in [-0.15, -0.1) is 0 Å². The predicted molar refractivity (Wildman–Crippen MR) is 91.3 cm³/mol. The van der Waals surface area contributed by atoms with Gasteiger partial charge in [0.1, 0.15) is 11.5 Å². The fraction of sp³-hybridized carbons (Fsp3) is 0.444. The number of hydrogen-bond donors (Lipinski definition) is 2. The molecule has 1 unspecified atom stereocenters. The third-order valence-electron chi connectivity index (χ3n) is 4.60. The van der Waals surface area contributed by atoms with Gasteiger partial charge >= 0.3 is 0 Å². The molecule has 1 atom stereocenters. The van der Waals surface area contributed by atoms with E-state index in [0.29, 0.717) is 29.5 Å². The van der Waals surface area contributed by atoms with Crippen LogP contribution in [0, 0.1) is 12.7 Å². The topological polar surface area (TPSA) is 61.0 Å². The maximum absolute atomic E-state index is 13.4. The lowest BCUT2D eigenvalue weighted by Crippen LogP contribution is -2.40. The third-order valence-corrected chi connectivity index (χ3v) is 4.60. The summed E-state index contributed by atoms with van der Waals surface area (Å²) in [4.78, 5) is 14.7. The Balaban J connectivity index is 1.61. The quantitative estimate of drug-likeness (QED) is 0.886. The van der Waals surface area contributed by atoms with Crippen molar-refractivity contribution in [3.05, 3.63) is 41.3 Å². The van der Waals surface area contributed by atoms with Gasteiger partial charge in [-0.1, -0.05) is 0 Å². The number of likely N-dealkylation sites (tertiary alicyclic amines) is 1. The minimum atomic E-state index is -0.247. The Bertz CT molecular complexity index is 722. The normalized spacial score (nSPS) is 16.3. The maximum Gasteiger partial charge on any atom is 0.269 e. The number of amides is 1. The zero-order valence-corrected chi connectivity index (χ0v) is 14.1. The van der Waals surface area contributed by atoms with Crippen LogP contribution in [0.25, 0.3) is 11.3 Å². The summed E-state index contributed by atoms with van der Waals surface area (Å²) in [5.41, 5.74) is 2.40. The second-order valence-corrected chi connectivity index (χ2v) is 6.43. The summed E-state index contributed by atoms with van der Waals surface area (Å²) >= 11 is 0. The van der Waals surface area contributed by atoms with E-state index in [1.54, 1.807) is 25.1 Å². The fourth-order valence-electron chi connectivity index (χ4n) is 3.04. The Morgan fingerprint density at radius 2 is 2.12 bits per heavy atom. The Hall–Kier alpha value is -2.21. The van der Waals surface area contributed by atoms with Crippen molar-refractivity contribution in [1.82, 2.24) is 20.4 Å². The first-order chi connectivity index (χ1) is 11.5. The minimum absolute atomic E-state index is 0.168. The number of halogens is 1. The predicted octanol–water partition coefficient (Wildman–Crippen LogP) is 2.74. The summed E-state index contributed by atoms with van der Waals surface area (Å²) in [6.07, 6.45) is 2.47. The number of aromatic nitrogens is 2. The van der Waals surface area contributed by atoms with Crippen LogP contribution in [0.5, 0.6) is 0 Å². The average Bonchev–Trinajstić information content (AvgIpc) is 3.26. The average molecular weight is 330 g/mol. The van der Waals surface area contributed by atoms with Gasteiger partial charge in [-0.25, -0.2) is 4.39 Å². The van der Waals surface area contributed by atoms with Crippen LogP contribution in [-0.2, 0) is 0 Å². The van der Waals surface area contributed by atoms with Gasteiger partial charge in [-0.3, -0.25) is 14.8 Å². The van der Waals surface area contributed by atoms with Crippen LogP contribution in [0.3, 0.4) is 0 Å². The van der Waals surface area contributed by atoms with Crippen molar-refractivity contribution in [2.75, 3.05) is 19.6 Å². The van der Waals surface area contributed by atoms with Crippen molar-refractivity contribution in [3.8, 4) is 11.3 Å². The SMILES string of the molecule is Cc1cc(-c2cc(C(=O)NCC(C)N3CCCC3)[nH]n2)ccc1F. The minimum Gasteiger partial charge on any atom is -0.349 e. The van der Waals surface area contributed by atoms with E-state index in [1.165, 1.54) is 18.9 Å². The Morgan fingerprint density at radius 3 is 2.83 bits per heavy atom. The molecular formula is C18H23FN4O. The van der Waals surface area contributed by atoms with Crippen LogP contribution in [0.1, 0.15) is 35.8 Å². The van der Waals surface area contributed by atoms with Crippen molar-refractivity contribution in [2.45, 2.75) is 32.7 Å². The fourth-order valence-corrected chi connectivity index (χ4v) is 3.04. The summed E-state index contributed by atoms with van der Waals surface area (Å²) in [5.74, 6) is -0.415. The lowest BCUT2D eigenvalue weighted by Gasteiger charge is -2.23. The molecule has 2 aromatic rings. The smallest absolute Gasteiger partial charge is 0.269 e. The lowest BCUT2D eigenvalue weighted by atomic mass is 10.1. The molecule has 1 aliphatic rings. The number of H-pyrrole nitrogens is 1. The molecule has 0 bridgehead atoms. The van der Waals surface area contributed by atoms with Gasteiger partial charge in [-0.2, -0.15) is 5.10 Å². The number of hydrogen-bond acceptors (Lipinski definition) is 3. The zero-order chi connectivity index (χ0) is 17.1. The van der Waals surface area contributed by atoms with E-state index in [1.807, 2.05) is 0 Å². The van der Waals surface area contributed by atoms with Gasteiger partial charge < -0.3 is 5.32 Å². The number of rotatable bonds is 5. The second-order valence-electron chi connectivity index (χ2n) is 6.43. The molecule has 2 N–H and O–H groups in total. The molecule has 1 saturated heterocycles. The summed E-state index contributed by atoms with van der Waals surface area (Å²) in [5, 5.41) is 9.88. The van der Waals surface area contributed by atoms with Crippen LogP contribution < -0.4 is 5.32 Å². The number of aromatic amines is 1. The molecule has 0 spiro atoms. The Morgan fingerprint density at radius 1 is 1.38 bits per heavy atom. The van der Waals surface area contributed by atoms with Gasteiger partial charge in [0.05, 0.1) is 5.69 Å². The number of nitrogens with zero attached hydrogens (tertiary/aromatic N) is 2. The molecule has 6 heteroatoms. The molecule has 3 rings (SSSR count). The van der Waals surface area contributed by atoms with E-state index in [2.05, 4.69) is 27.3 Å². The van der Waals surface area contributed by atoms with Gasteiger partial charge in [0.15, 0.2) is 0 Å². The highest BCUT2D eigenvalue weighted by atomic mass is 19.1. The highest BCUT2D eigenvalue weighted by molar-refractivity contribution is 5.93. The first-order valence-electron chi connectivity index (χ1n) is 8.39. The molecule has 0 saturated carbocycles. The summed E-state index contributed by atoms with van der Waals surface area (Å²) in [6.45, 7) is 6.66. The number of benzene rings is 1. The van der Waals surface area contributed by atoms with Crippen molar-refractivity contribution in [3.63, 3.8) is 0 Å². The largest absolute Gasteiger partial charge is 0.349 e. The lowest BCUT2D eigenvalue weighted by molar-refractivity contribution is 0.0935. The van der Waals surface area contributed by atoms with Crippen LogP contribution in [0.15, 0.2) is 24.3 Å². The van der Waals surface area contributed by atoms with Crippen molar-refractivity contribution < 1.29 is 9.18 Å². The highest BCUT2D eigenvalue weighted by Gasteiger charge is 2.19. The second kappa shape index (κ2) is 7.13. The number of aryl methyl sites for hydroxylation is 1. The van der Waals surface area contributed by atoms with Gasteiger partial charge in [0.2, 0.25) is 0 Å². The van der Waals surface area contributed by atoms with Crippen LogP contribution >= 0.6 is 0 Å². The summed E-state index contributed by atoms with van der Waals surface area (Å²) in [6, 6.07) is 6.83. The van der Waals surface area contributed by atoms with Crippen molar-refractivity contribution >= 4 is 5.91 Å². The molecular weight excluding hydrogens is 307 g/mol. The summed E-state index contributed by atoms with van der Waals surface area (Å²) < 4.78 is 13.4. The molecule has 0 radical (unpaired) electrons. The Labute approximate surface area is 141 Å². The van der Waals surface area contributed by atoms with E-state index >= 15 is 0 Å². The monoisotopic (exact) mass is 330 g/mol. The molecule has 1 fully saturated rings. The molecule has 2 heterocycles. The van der Waals surface area contributed by atoms with Gasteiger partial charge in [-0.05, 0) is 69.6 Å². The number of nitrogens with one attached hydrogen (secondary N) is 2. The van der Waals surface area contributed by atoms with E-state index in [0.717, 1.165) is 18.7 Å². The van der Waals surface area contributed by atoms with E-state index < -0.39 is 0 Å². The molecule has 1 aromatic heterocycles. The number of carbonyl (C=O) groups is 1. The van der Waals surface area contributed by atoms with E-state index in [4.69, 9.17) is 0 Å². The van der Waals surface area contributed by atoms with Gasteiger partial charge in [0.25, 0.3) is 5.91 Å². The van der Waals surface area contributed by atoms with E-state index in [9.17, 15) is 9.18 Å². The van der Waals surface area contributed by atoms with Crippen molar-refractivity contribution in [2.24, 2.45) is 0 Å². The maximum atomic E-state index is 13.4. The zero-order valence-electron chi connectivity index (χ0n) is 14.1. The molecule has 5 nitrogen and oxygen atoms in total. The van der Waals surface area contributed by atoms with Crippen molar-refractivity contribution in [1.29, 1.82) is 0 Å².